The molecule has 170 valence electrons. The quantitative estimate of drug-likeness (QED) is 0.403. The van der Waals surface area contributed by atoms with Crippen molar-refractivity contribution in [2.75, 3.05) is 26.3 Å². The number of carbonyl (C=O) groups excluding carboxylic acids is 1. The molecule has 0 bridgehead atoms. The van der Waals surface area contributed by atoms with E-state index in [0.29, 0.717) is 42.8 Å². The first-order chi connectivity index (χ1) is 15.5. The highest BCUT2D eigenvalue weighted by Crippen LogP contribution is 2.37. The highest BCUT2D eigenvalue weighted by Gasteiger charge is 2.29. The third-order valence-corrected chi connectivity index (χ3v) is 8.14. The van der Waals surface area contributed by atoms with E-state index in [9.17, 15) is 9.59 Å². The molecule has 0 spiro atoms. The zero-order chi connectivity index (χ0) is 22.7. The molecule has 0 saturated carbocycles. The third kappa shape index (κ3) is 4.92. The lowest BCUT2D eigenvalue weighted by Gasteiger charge is -2.30. The van der Waals surface area contributed by atoms with Gasteiger partial charge in [-0.3, -0.25) is 9.59 Å². The number of hydrogen-bond donors (Lipinski definition) is 1. The maximum absolute atomic E-state index is 13.4. The van der Waals surface area contributed by atoms with Crippen molar-refractivity contribution in [2.24, 2.45) is 5.92 Å². The summed E-state index contributed by atoms with van der Waals surface area (Å²) in [5, 5.41) is 0.706. The summed E-state index contributed by atoms with van der Waals surface area (Å²) in [7, 11) is 0. The summed E-state index contributed by atoms with van der Waals surface area (Å²) in [6.45, 7) is 8.69. The van der Waals surface area contributed by atoms with Crippen LogP contribution in [0.25, 0.3) is 10.2 Å². The lowest BCUT2D eigenvalue weighted by atomic mass is 9.98. The molecule has 1 fully saturated rings. The maximum atomic E-state index is 13.4. The Morgan fingerprint density at radius 2 is 2.00 bits per heavy atom. The summed E-state index contributed by atoms with van der Waals surface area (Å²) >= 11 is 2.88. The van der Waals surface area contributed by atoms with E-state index in [1.807, 2.05) is 35.2 Å². The van der Waals surface area contributed by atoms with Crippen LogP contribution in [0.5, 0.6) is 0 Å². The van der Waals surface area contributed by atoms with Gasteiger partial charge in [-0.2, -0.15) is 0 Å². The van der Waals surface area contributed by atoms with Gasteiger partial charge in [-0.05, 0) is 30.4 Å². The highest BCUT2D eigenvalue weighted by molar-refractivity contribution is 8.00. The van der Waals surface area contributed by atoms with Gasteiger partial charge in [0.05, 0.1) is 18.6 Å². The Hall–Kier alpha value is -2.16. The SMILES string of the molecule is CC[C@@H](C)Cc1c(C)sc2nc(S[C@H](C(=O)N3CCOCC3)c3ccccc3)[nH]c(=O)c12. The lowest BCUT2D eigenvalue weighted by molar-refractivity contribution is -0.134. The summed E-state index contributed by atoms with van der Waals surface area (Å²) < 4.78 is 5.41. The topological polar surface area (TPSA) is 75.3 Å². The molecule has 32 heavy (non-hydrogen) atoms. The second-order valence-corrected chi connectivity index (χ2v) is 10.5. The van der Waals surface area contributed by atoms with E-state index in [1.165, 1.54) is 11.8 Å². The summed E-state index contributed by atoms with van der Waals surface area (Å²) in [6.07, 6.45) is 1.94. The molecule has 3 aromatic rings. The van der Waals surface area contributed by atoms with E-state index in [1.54, 1.807) is 11.3 Å². The fourth-order valence-corrected chi connectivity index (χ4v) is 6.07. The van der Waals surface area contributed by atoms with Gasteiger partial charge < -0.3 is 14.6 Å². The molecule has 1 aliphatic rings. The van der Waals surface area contributed by atoms with Crippen LogP contribution >= 0.6 is 23.1 Å². The number of thiophene rings is 1. The van der Waals surface area contributed by atoms with E-state index in [0.717, 1.165) is 33.7 Å². The molecule has 1 aliphatic heterocycles. The van der Waals surface area contributed by atoms with Gasteiger partial charge in [0.15, 0.2) is 5.16 Å². The van der Waals surface area contributed by atoms with Gasteiger partial charge in [0.1, 0.15) is 10.1 Å². The van der Waals surface area contributed by atoms with Crippen molar-refractivity contribution in [1.29, 1.82) is 0 Å². The number of nitrogens with one attached hydrogen (secondary N) is 1. The maximum Gasteiger partial charge on any atom is 0.260 e. The van der Waals surface area contributed by atoms with Crippen LogP contribution in [0.4, 0.5) is 0 Å². The molecule has 2 atom stereocenters. The minimum atomic E-state index is -0.476. The number of H-pyrrole nitrogens is 1. The van der Waals surface area contributed by atoms with Crippen LogP contribution in [0, 0.1) is 12.8 Å². The first-order valence-corrected chi connectivity index (χ1v) is 12.8. The second kappa shape index (κ2) is 10.2. The van der Waals surface area contributed by atoms with Gasteiger partial charge in [0.2, 0.25) is 5.91 Å². The Bertz CT molecular complexity index is 1140. The Labute approximate surface area is 196 Å². The zero-order valence-electron chi connectivity index (χ0n) is 18.7. The number of carbonyl (C=O) groups is 1. The van der Waals surface area contributed by atoms with Crippen molar-refractivity contribution in [3.05, 3.63) is 56.7 Å². The number of morpholine rings is 1. The summed E-state index contributed by atoms with van der Waals surface area (Å²) in [5.41, 5.74) is 1.89. The molecule has 3 heterocycles. The van der Waals surface area contributed by atoms with Gasteiger partial charge in [-0.1, -0.05) is 62.4 Å². The predicted octanol–water partition coefficient (Wildman–Crippen LogP) is 4.57. The number of aromatic amines is 1. The molecule has 0 aliphatic carbocycles. The normalized spacial score (nSPS) is 16.3. The standard InChI is InChI=1S/C24H29N3O3S2/c1-4-15(2)14-18-16(3)31-22-19(18)21(28)25-24(26-22)32-20(17-8-6-5-7-9-17)23(29)27-10-12-30-13-11-27/h5-9,15,20H,4,10-14H2,1-3H3,(H,25,26,28)/t15-,20+/m1/s1. The van der Waals surface area contributed by atoms with Gasteiger partial charge in [0, 0.05) is 18.0 Å². The summed E-state index contributed by atoms with van der Waals surface area (Å²) in [5.74, 6) is 0.528. The van der Waals surface area contributed by atoms with Crippen molar-refractivity contribution in [3.8, 4) is 0 Å². The fourth-order valence-electron chi connectivity index (χ4n) is 3.90. The fraction of sp³-hybridized carbons (Fsp3) is 0.458. The van der Waals surface area contributed by atoms with Crippen molar-refractivity contribution in [2.45, 2.75) is 44.0 Å². The number of fused-ring (bicyclic) bond motifs is 1. The molecular formula is C24H29N3O3S2. The van der Waals surface area contributed by atoms with Crippen LogP contribution in [0.15, 0.2) is 40.3 Å². The molecule has 4 rings (SSSR count). The van der Waals surface area contributed by atoms with E-state index < -0.39 is 5.25 Å². The first kappa shape index (κ1) is 23.0. The van der Waals surface area contributed by atoms with Gasteiger partial charge in [-0.15, -0.1) is 11.3 Å². The van der Waals surface area contributed by atoms with Crippen LogP contribution in [-0.2, 0) is 16.0 Å². The number of hydrogen-bond acceptors (Lipinski definition) is 6. The molecule has 1 amide bonds. The zero-order valence-corrected chi connectivity index (χ0v) is 20.4. The first-order valence-electron chi connectivity index (χ1n) is 11.1. The number of aryl methyl sites for hydroxylation is 1. The van der Waals surface area contributed by atoms with Gasteiger partial charge in [0.25, 0.3) is 5.56 Å². The number of thioether (sulfide) groups is 1. The minimum absolute atomic E-state index is 0.0204. The number of nitrogens with zero attached hydrogens (tertiary/aromatic N) is 2. The van der Waals surface area contributed by atoms with Crippen LogP contribution in [0.1, 0.15) is 41.5 Å². The van der Waals surface area contributed by atoms with Crippen LogP contribution in [0.3, 0.4) is 0 Å². The summed E-state index contributed by atoms with van der Waals surface area (Å²) in [6, 6.07) is 9.69. The van der Waals surface area contributed by atoms with Gasteiger partial charge in [-0.25, -0.2) is 4.98 Å². The predicted molar refractivity (Wildman–Crippen MR) is 131 cm³/mol. The molecule has 6 nitrogen and oxygen atoms in total. The van der Waals surface area contributed by atoms with Crippen molar-refractivity contribution >= 4 is 39.2 Å². The third-order valence-electron chi connectivity index (χ3n) is 5.97. The van der Waals surface area contributed by atoms with Crippen molar-refractivity contribution < 1.29 is 9.53 Å². The van der Waals surface area contributed by atoms with E-state index in [4.69, 9.17) is 9.72 Å². The Morgan fingerprint density at radius 3 is 2.69 bits per heavy atom. The molecule has 1 N–H and O–H groups in total. The van der Waals surface area contributed by atoms with Crippen molar-refractivity contribution in [1.82, 2.24) is 14.9 Å². The largest absolute Gasteiger partial charge is 0.378 e. The Kier molecular flexibility index (Phi) is 7.33. The van der Waals surface area contributed by atoms with Gasteiger partial charge >= 0.3 is 0 Å². The van der Waals surface area contributed by atoms with E-state index >= 15 is 0 Å². The molecule has 0 unspecified atom stereocenters. The lowest BCUT2D eigenvalue weighted by Crippen LogP contribution is -2.42. The number of benzene rings is 1. The number of aromatic nitrogens is 2. The number of rotatable bonds is 7. The average molecular weight is 472 g/mol. The number of ether oxygens (including phenoxy) is 1. The second-order valence-electron chi connectivity index (χ2n) is 8.25. The van der Waals surface area contributed by atoms with E-state index in [-0.39, 0.29) is 11.5 Å². The average Bonchev–Trinajstić information content (AvgIpc) is 3.13. The monoisotopic (exact) mass is 471 g/mol. The molecule has 8 heteroatoms. The molecule has 1 aromatic carbocycles. The Balaban J connectivity index is 1.68. The molecular weight excluding hydrogens is 442 g/mol. The molecule has 0 radical (unpaired) electrons. The van der Waals surface area contributed by atoms with Crippen LogP contribution < -0.4 is 5.56 Å². The minimum Gasteiger partial charge on any atom is -0.378 e. The van der Waals surface area contributed by atoms with Crippen LogP contribution in [0.2, 0.25) is 0 Å². The Morgan fingerprint density at radius 1 is 1.28 bits per heavy atom. The smallest absolute Gasteiger partial charge is 0.260 e. The summed E-state index contributed by atoms with van der Waals surface area (Å²) in [4.78, 5) is 37.9. The van der Waals surface area contributed by atoms with Crippen molar-refractivity contribution in [3.63, 3.8) is 0 Å². The molecule has 2 aromatic heterocycles. The van der Waals surface area contributed by atoms with E-state index in [2.05, 4.69) is 25.8 Å². The number of amides is 1. The highest BCUT2D eigenvalue weighted by atomic mass is 32.2. The molecule has 1 saturated heterocycles. The van der Waals surface area contributed by atoms with Crippen LogP contribution in [-0.4, -0.2) is 47.1 Å².